The highest BCUT2D eigenvalue weighted by atomic mass is 35.5. The molecular weight excluding hydrogens is 380 g/mol. The Kier molecular flexibility index (Phi) is 4.75. The lowest BCUT2D eigenvalue weighted by Gasteiger charge is -2.24. The number of ether oxygens (including phenoxy) is 1. The minimum Gasteiger partial charge on any atom is -0.497 e. The summed E-state index contributed by atoms with van der Waals surface area (Å²) >= 11 is 6.12. The Hall–Kier alpha value is -3.32. The predicted octanol–water partition coefficient (Wildman–Crippen LogP) is 3.73. The number of halogens is 1. The van der Waals surface area contributed by atoms with E-state index in [2.05, 4.69) is 15.7 Å². The van der Waals surface area contributed by atoms with Gasteiger partial charge in [0.15, 0.2) is 0 Å². The zero-order valence-corrected chi connectivity index (χ0v) is 15.7. The summed E-state index contributed by atoms with van der Waals surface area (Å²) in [5, 5.41) is 10.4. The van der Waals surface area contributed by atoms with Crippen LogP contribution in [0.15, 0.2) is 54.7 Å². The third-order valence-electron chi connectivity index (χ3n) is 4.56. The van der Waals surface area contributed by atoms with Gasteiger partial charge in [-0.15, -0.1) is 0 Å². The third kappa shape index (κ3) is 3.32. The van der Waals surface area contributed by atoms with Crippen molar-refractivity contribution in [3.63, 3.8) is 0 Å². The first-order valence-electron chi connectivity index (χ1n) is 8.64. The van der Waals surface area contributed by atoms with Crippen molar-refractivity contribution in [3.8, 4) is 16.9 Å². The highest BCUT2D eigenvalue weighted by Crippen LogP contribution is 2.35. The summed E-state index contributed by atoms with van der Waals surface area (Å²) in [5.41, 5.74) is 2.07. The first kappa shape index (κ1) is 18.1. The molecule has 1 aliphatic rings. The maximum atomic E-state index is 12.8. The number of rotatable bonds is 4. The van der Waals surface area contributed by atoms with Crippen molar-refractivity contribution in [3.05, 3.63) is 59.8 Å². The van der Waals surface area contributed by atoms with E-state index >= 15 is 0 Å². The van der Waals surface area contributed by atoms with Crippen LogP contribution in [0.1, 0.15) is 12.5 Å². The molecule has 0 radical (unpaired) electrons. The maximum Gasteiger partial charge on any atom is 0.249 e. The second-order valence-electron chi connectivity index (χ2n) is 6.32. The van der Waals surface area contributed by atoms with E-state index in [4.69, 9.17) is 16.3 Å². The van der Waals surface area contributed by atoms with Crippen molar-refractivity contribution in [2.75, 3.05) is 17.7 Å². The number of nitrogens with one attached hydrogen (secondary N) is 2. The molecule has 0 saturated carbocycles. The summed E-state index contributed by atoms with van der Waals surface area (Å²) in [6, 6.07) is 13.6. The normalized spacial score (nSPS) is 15.5. The maximum absolute atomic E-state index is 12.8. The summed E-state index contributed by atoms with van der Waals surface area (Å²) in [4.78, 5) is 25.1. The number of amides is 2. The molecule has 0 saturated heterocycles. The Morgan fingerprint density at radius 1 is 1.25 bits per heavy atom. The smallest absolute Gasteiger partial charge is 0.249 e. The van der Waals surface area contributed by atoms with Crippen molar-refractivity contribution in [1.82, 2.24) is 9.78 Å². The lowest BCUT2D eigenvalue weighted by Crippen LogP contribution is -2.35. The quantitative estimate of drug-likeness (QED) is 0.703. The van der Waals surface area contributed by atoms with Gasteiger partial charge in [-0.05, 0) is 29.8 Å². The zero-order valence-electron chi connectivity index (χ0n) is 15.0. The van der Waals surface area contributed by atoms with Crippen molar-refractivity contribution >= 4 is 34.9 Å². The molecule has 2 amide bonds. The molecule has 142 valence electrons. The van der Waals surface area contributed by atoms with Crippen LogP contribution in [0.5, 0.6) is 5.75 Å². The monoisotopic (exact) mass is 396 g/mol. The van der Waals surface area contributed by atoms with Crippen LogP contribution in [-0.4, -0.2) is 28.7 Å². The largest absolute Gasteiger partial charge is 0.497 e. The molecule has 28 heavy (non-hydrogen) atoms. The van der Waals surface area contributed by atoms with E-state index in [0.717, 1.165) is 16.9 Å². The van der Waals surface area contributed by atoms with E-state index in [1.807, 2.05) is 24.3 Å². The average molecular weight is 397 g/mol. The van der Waals surface area contributed by atoms with Gasteiger partial charge in [0.05, 0.1) is 30.4 Å². The molecule has 7 nitrogen and oxygen atoms in total. The highest BCUT2D eigenvalue weighted by molar-refractivity contribution is 6.33. The molecule has 0 bridgehead atoms. The highest BCUT2D eigenvalue weighted by Gasteiger charge is 2.33. The van der Waals surface area contributed by atoms with Gasteiger partial charge in [-0.1, -0.05) is 35.9 Å². The molecule has 0 fully saturated rings. The minimum absolute atomic E-state index is 0.00693. The number of methoxy groups -OCH3 is 1. The summed E-state index contributed by atoms with van der Waals surface area (Å²) in [6.07, 6.45) is 1.63. The average Bonchev–Trinajstić information content (AvgIpc) is 3.12. The van der Waals surface area contributed by atoms with Gasteiger partial charge < -0.3 is 15.4 Å². The summed E-state index contributed by atoms with van der Waals surface area (Å²) in [6.45, 7) is 0. The second-order valence-corrected chi connectivity index (χ2v) is 6.72. The number of carbonyl (C=O) groups excluding carboxylic acids is 2. The lowest BCUT2D eigenvalue weighted by atomic mass is 10.1. The first-order chi connectivity index (χ1) is 13.6. The third-order valence-corrected chi connectivity index (χ3v) is 4.89. The number of hydrogen-bond acceptors (Lipinski definition) is 4. The fourth-order valence-electron chi connectivity index (χ4n) is 3.13. The van der Waals surface area contributed by atoms with Gasteiger partial charge in [-0.3, -0.25) is 9.59 Å². The number of hydrogen-bond donors (Lipinski definition) is 2. The minimum atomic E-state index is -0.771. The van der Waals surface area contributed by atoms with Crippen LogP contribution in [0.25, 0.3) is 11.1 Å². The van der Waals surface area contributed by atoms with Gasteiger partial charge in [-0.2, -0.15) is 5.10 Å². The van der Waals surface area contributed by atoms with Crippen LogP contribution < -0.4 is 15.4 Å². The number of carbonyl (C=O) groups is 2. The number of anilines is 2. The van der Waals surface area contributed by atoms with Crippen LogP contribution >= 0.6 is 11.6 Å². The molecule has 0 aliphatic carbocycles. The summed E-state index contributed by atoms with van der Waals surface area (Å²) in [7, 11) is 1.60. The number of fused-ring (bicyclic) bond motifs is 1. The van der Waals surface area contributed by atoms with Gasteiger partial charge in [0.25, 0.3) is 0 Å². The van der Waals surface area contributed by atoms with E-state index < -0.39 is 6.04 Å². The molecule has 1 atom stereocenters. The number of para-hydroxylation sites is 1. The molecule has 1 aromatic heterocycles. The van der Waals surface area contributed by atoms with E-state index in [9.17, 15) is 9.59 Å². The number of nitrogens with zero attached hydrogens (tertiary/aromatic N) is 2. The second kappa shape index (κ2) is 7.36. The molecule has 2 heterocycles. The molecule has 2 aromatic carbocycles. The van der Waals surface area contributed by atoms with Crippen molar-refractivity contribution in [2.45, 2.75) is 12.5 Å². The van der Waals surface area contributed by atoms with Crippen LogP contribution in [0.4, 0.5) is 11.5 Å². The topological polar surface area (TPSA) is 85.2 Å². The van der Waals surface area contributed by atoms with Crippen LogP contribution in [0, 0.1) is 0 Å². The van der Waals surface area contributed by atoms with Gasteiger partial charge in [0, 0.05) is 5.56 Å². The molecule has 1 aliphatic heterocycles. The van der Waals surface area contributed by atoms with Crippen molar-refractivity contribution < 1.29 is 14.3 Å². The standard InChI is InChI=1S/C20H17ClN4O3/c1-28-13-8-6-12(7-9-13)14-11-22-25-17(10-18(26)24-19(14)25)20(27)23-16-5-3-2-4-15(16)21/h2-9,11,17H,10H2,1H3,(H,23,27)(H,24,26)/t17-/m0/s1. The van der Waals surface area contributed by atoms with Gasteiger partial charge in [0.2, 0.25) is 11.8 Å². The lowest BCUT2D eigenvalue weighted by molar-refractivity contribution is -0.125. The Labute approximate surface area is 166 Å². The number of aromatic nitrogens is 2. The molecule has 8 heteroatoms. The van der Waals surface area contributed by atoms with Gasteiger partial charge >= 0.3 is 0 Å². The Balaban J connectivity index is 1.66. The van der Waals surface area contributed by atoms with Crippen LogP contribution in [-0.2, 0) is 9.59 Å². The van der Waals surface area contributed by atoms with Crippen molar-refractivity contribution in [2.24, 2.45) is 0 Å². The van der Waals surface area contributed by atoms with Crippen LogP contribution in [0.2, 0.25) is 5.02 Å². The Morgan fingerprint density at radius 3 is 2.71 bits per heavy atom. The first-order valence-corrected chi connectivity index (χ1v) is 9.02. The van der Waals surface area contributed by atoms with Gasteiger partial charge in [0.1, 0.15) is 17.6 Å². The Bertz CT molecular complexity index is 1050. The summed E-state index contributed by atoms with van der Waals surface area (Å²) < 4.78 is 6.71. The predicted molar refractivity (Wildman–Crippen MR) is 107 cm³/mol. The van der Waals surface area contributed by atoms with Crippen molar-refractivity contribution in [1.29, 1.82) is 0 Å². The fraction of sp³-hybridized carbons (Fsp3) is 0.150. The SMILES string of the molecule is COc1ccc(-c2cnn3c2NC(=O)C[C@H]3C(=O)Nc2ccccc2Cl)cc1. The molecule has 3 aromatic rings. The van der Waals surface area contributed by atoms with Gasteiger partial charge in [-0.25, -0.2) is 4.68 Å². The fourth-order valence-corrected chi connectivity index (χ4v) is 3.32. The molecule has 2 N–H and O–H groups in total. The molecule has 4 rings (SSSR count). The van der Waals surface area contributed by atoms with E-state index in [1.54, 1.807) is 37.6 Å². The summed E-state index contributed by atoms with van der Waals surface area (Å²) in [5.74, 6) is 0.613. The molecule has 0 unspecified atom stereocenters. The molecule has 0 spiro atoms. The number of benzene rings is 2. The van der Waals surface area contributed by atoms with E-state index in [0.29, 0.717) is 16.5 Å². The zero-order chi connectivity index (χ0) is 19.7. The van der Waals surface area contributed by atoms with E-state index in [-0.39, 0.29) is 18.2 Å². The van der Waals surface area contributed by atoms with E-state index in [1.165, 1.54) is 4.68 Å². The van der Waals surface area contributed by atoms with Crippen LogP contribution in [0.3, 0.4) is 0 Å². The molecular formula is C20H17ClN4O3. The Morgan fingerprint density at radius 2 is 2.00 bits per heavy atom.